The number of hydrogen-bond donors (Lipinski definition) is 1. The Morgan fingerprint density at radius 1 is 0.967 bits per heavy atom. The Balaban J connectivity index is 2.01. The summed E-state index contributed by atoms with van der Waals surface area (Å²) in [6, 6.07) is 19.2. The van der Waals surface area contributed by atoms with Crippen LogP contribution in [-0.4, -0.2) is 40.8 Å². The van der Waals surface area contributed by atoms with E-state index in [1.54, 1.807) is 10.9 Å². The number of hydrogen-bond acceptors (Lipinski definition) is 4. The quantitative estimate of drug-likeness (QED) is 0.598. The first-order valence-electron chi connectivity index (χ1n) is 9.98. The Labute approximate surface area is 178 Å². The summed E-state index contributed by atoms with van der Waals surface area (Å²) in [4.78, 5) is 0.190. The van der Waals surface area contributed by atoms with Crippen LogP contribution in [0.25, 0.3) is 0 Å². The van der Waals surface area contributed by atoms with E-state index in [4.69, 9.17) is 0 Å². The topological polar surface area (TPSA) is 75.4 Å². The van der Waals surface area contributed by atoms with Gasteiger partial charge in [0.05, 0.1) is 18.8 Å². The molecule has 30 heavy (non-hydrogen) atoms. The van der Waals surface area contributed by atoms with Crippen LogP contribution < -0.4 is 0 Å². The summed E-state index contributed by atoms with van der Waals surface area (Å²) in [6.45, 7) is 6.30. The number of aromatic nitrogens is 2. The number of nitrogens with zero attached hydrogens (tertiary/aromatic N) is 3. The minimum atomic E-state index is -3.86. The van der Waals surface area contributed by atoms with Gasteiger partial charge < -0.3 is 5.11 Å². The van der Waals surface area contributed by atoms with Gasteiger partial charge in [-0.2, -0.15) is 9.40 Å². The average molecular weight is 428 g/mol. The lowest BCUT2D eigenvalue weighted by Gasteiger charge is -2.24. The van der Waals surface area contributed by atoms with Crippen LogP contribution in [-0.2, 0) is 28.5 Å². The van der Waals surface area contributed by atoms with Crippen LogP contribution in [0.15, 0.2) is 71.8 Å². The van der Waals surface area contributed by atoms with Crippen LogP contribution in [0, 0.1) is 0 Å². The van der Waals surface area contributed by atoms with E-state index in [9.17, 15) is 13.5 Å². The zero-order chi connectivity index (χ0) is 21.8. The molecule has 0 amide bonds. The smallest absolute Gasteiger partial charge is 0.246 e. The van der Waals surface area contributed by atoms with Gasteiger partial charge in [-0.3, -0.25) is 4.68 Å². The van der Waals surface area contributed by atoms with Gasteiger partial charge in [-0.05, 0) is 11.1 Å². The Morgan fingerprint density at radius 2 is 1.53 bits per heavy atom. The van der Waals surface area contributed by atoms with Gasteiger partial charge in [0.2, 0.25) is 10.0 Å². The molecular weight excluding hydrogens is 398 g/mol. The molecule has 0 unspecified atom stereocenters. The maximum atomic E-state index is 13.6. The van der Waals surface area contributed by atoms with Gasteiger partial charge in [-0.25, -0.2) is 8.42 Å². The highest BCUT2D eigenvalue weighted by Crippen LogP contribution is 2.30. The van der Waals surface area contributed by atoms with E-state index in [0.717, 1.165) is 11.1 Å². The lowest BCUT2D eigenvalue weighted by atomic mass is 9.92. The molecule has 7 heteroatoms. The highest BCUT2D eigenvalue weighted by Gasteiger charge is 2.34. The van der Waals surface area contributed by atoms with Crippen molar-refractivity contribution in [3.63, 3.8) is 0 Å². The fraction of sp³-hybridized carbons (Fsp3) is 0.348. The van der Waals surface area contributed by atoms with Crippen molar-refractivity contribution in [3.8, 4) is 0 Å². The van der Waals surface area contributed by atoms with Crippen molar-refractivity contribution < 1.29 is 13.5 Å². The van der Waals surface area contributed by atoms with Crippen molar-refractivity contribution in [2.75, 3.05) is 13.2 Å². The van der Waals surface area contributed by atoms with Gasteiger partial charge in [0.25, 0.3) is 0 Å². The SMILES string of the molecule is CC(C)(C)c1nn(Cc2ccccc2)cc1S(=O)(=O)N(CCO)Cc1ccccc1. The minimum Gasteiger partial charge on any atom is -0.395 e. The number of sulfonamides is 1. The third kappa shape index (κ3) is 5.16. The fourth-order valence-corrected chi connectivity index (χ4v) is 5.05. The summed E-state index contributed by atoms with van der Waals surface area (Å²) in [5, 5.41) is 14.2. The molecule has 0 saturated carbocycles. The van der Waals surface area contributed by atoms with Crippen LogP contribution in [0.1, 0.15) is 37.6 Å². The first-order chi connectivity index (χ1) is 14.2. The monoisotopic (exact) mass is 427 g/mol. The van der Waals surface area contributed by atoms with E-state index < -0.39 is 15.4 Å². The van der Waals surface area contributed by atoms with Crippen LogP contribution >= 0.6 is 0 Å². The van der Waals surface area contributed by atoms with Crippen LogP contribution in [0.2, 0.25) is 0 Å². The third-order valence-electron chi connectivity index (χ3n) is 4.79. The fourth-order valence-electron chi connectivity index (χ4n) is 3.28. The van der Waals surface area contributed by atoms with Crippen molar-refractivity contribution in [3.05, 3.63) is 83.7 Å². The molecule has 1 N–H and O–H groups in total. The molecule has 0 radical (unpaired) electrons. The summed E-state index contributed by atoms with van der Waals surface area (Å²) in [6.07, 6.45) is 1.61. The number of rotatable bonds is 8. The molecule has 0 aliphatic rings. The summed E-state index contributed by atoms with van der Waals surface area (Å²) in [5.41, 5.74) is 1.97. The second-order valence-corrected chi connectivity index (χ2v) is 10.2. The van der Waals surface area contributed by atoms with Crippen molar-refractivity contribution in [2.45, 2.75) is 44.2 Å². The second-order valence-electron chi connectivity index (χ2n) is 8.32. The van der Waals surface area contributed by atoms with E-state index in [1.807, 2.05) is 81.4 Å². The Kier molecular flexibility index (Phi) is 6.75. The molecule has 0 bridgehead atoms. The predicted octanol–water partition coefficient (Wildman–Crippen LogP) is 3.41. The highest BCUT2D eigenvalue weighted by molar-refractivity contribution is 7.89. The first kappa shape index (κ1) is 22.2. The molecular formula is C23H29N3O3S. The maximum Gasteiger partial charge on any atom is 0.246 e. The van der Waals surface area contributed by atoms with Crippen molar-refractivity contribution in [1.82, 2.24) is 14.1 Å². The first-order valence-corrected chi connectivity index (χ1v) is 11.4. The van der Waals surface area contributed by atoms with E-state index in [1.165, 1.54) is 4.31 Å². The molecule has 6 nitrogen and oxygen atoms in total. The molecule has 3 aromatic rings. The van der Waals surface area contributed by atoms with E-state index >= 15 is 0 Å². The molecule has 1 heterocycles. The largest absolute Gasteiger partial charge is 0.395 e. The number of aliphatic hydroxyl groups excluding tert-OH is 1. The molecule has 0 atom stereocenters. The molecule has 0 saturated heterocycles. The van der Waals surface area contributed by atoms with Crippen molar-refractivity contribution in [2.24, 2.45) is 0 Å². The number of benzene rings is 2. The van der Waals surface area contributed by atoms with Gasteiger partial charge in [-0.1, -0.05) is 81.4 Å². The predicted molar refractivity (Wildman–Crippen MR) is 118 cm³/mol. The lowest BCUT2D eigenvalue weighted by Crippen LogP contribution is -2.34. The zero-order valence-electron chi connectivity index (χ0n) is 17.7. The third-order valence-corrected chi connectivity index (χ3v) is 6.64. The molecule has 1 aromatic heterocycles. The second kappa shape index (κ2) is 9.12. The summed E-state index contributed by atoms with van der Waals surface area (Å²) < 4.78 is 30.2. The van der Waals surface area contributed by atoms with E-state index in [-0.39, 0.29) is 24.6 Å². The average Bonchev–Trinajstić information content (AvgIpc) is 3.14. The number of aliphatic hydroxyl groups is 1. The van der Waals surface area contributed by atoms with Gasteiger partial charge in [0.1, 0.15) is 4.90 Å². The van der Waals surface area contributed by atoms with Crippen molar-refractivity contribution >= 4 is 10.0 Å². The molecule has 0 aliphatic heterocycles. The summed E-state index contributed by atoms with van der Waals surface area (Å²) in [5.74, 6) is 0. The Hall–Kier alpha value is -2.48. The van der Waals surface area contributed by atoms with E-state index in [0.29, 0.717) is 12.2 Å². The Morgan fingerprint density at radius 3 is 2.07 bits per heavy atom. The van der Waals surface area contributed by atoms with Crippen LogP contribution in [0.5, 0.6) is 0 Å². The minimum absolute atomic E-state index is 0.0185. The van der Waals surface area contributed by atoms with Gasteiger partial charge in [0, 0.05) is 24.7 Å². The normalized spacial score (nSPS) is 12.4. The Bertz CT molecular complexity index is 1060. The maximum absolute atomic E-state index is 13.6. The highest BCUT2D eigenvalue weighted by atomic mass is 32.2. The standard InChI is InChI=1S/C23H29N3O3S/c1-23(2,3)22-21(18-25(24-22)16-19-10-6-4-7-11-19)30(28,29)26(14-15-27)17-20-12-8-5-9-13-20/h4-13,18,27H,14-17H2,1-3H3. The molecule has 3 rings (SSSR count). The zero-order valence-corrected chi connectivity index (χ0v) is 18.5. The lowest BCUT2D eigenvalue weighted by molar-refractivity contribution is 0.251. The molecule has 0 spiro atoms. The summed E-state index contributed by atoms with van der Waals surface area (Å²) >= 11 is 0. The molecule has 160 valence electrons. The summed E-state index contributed by atoms with van der Waals surface area (Å²) in [7, 11) is -3.86. The van der Waals surface area contributed by atoms with Crippen molar-refractivity contribution in [1.29, 1.82) is 0 Å². The molecule has 0 aliphatic carbocycles. The van der Waals surface area contributed by atoms with Crippen LogP contribution in [0.4, 0.5) is 0 Å². The van der Waals surface area contributed by atoms with Gasteiger partial charge in [0.15, 0.2) is 0 Å². The van der Waals surface area contributed by atoms with E-state index in [2.05, 4.69) is 5.10 Å². The van der Waals surface area contributed by atoms with Gasteiger partial charge >= 0.3 is 0 Å². The molecule has 2 aromatic carbocycles. The molecule has 0 fully saturated rings. The van der Waals surface area contributed by atoms with Gasteiger partial charge in [-0.15, -0.1) is 0 Å². The van der Waals surface area contributed by atoms with Crippen LogP contribution in [0.3, 0.4) is 0 Å².